The van der Waals surface area contributed by atoms with Crippen molar-refractivity contribution in [1.82, 2.24) is 24.1 Å². The zero-order valence-electron chi connectivity index (χ0n) is 16.8. The Hall–Kier alpha value is -2.64. The first-order valence-corrected chi connectivity index (χ1v) is 11.2. The van der Waals surface area contributed by atoms with Gasteiger partial charge in [0.2, 0.25) is 0 Å². The van der Waals surface area contributed by atoms with Crippen LogP contribution < -0.4 is 0 Å². The van der Waals surface area contributed by atoms with Gasteiger partial charge in [-0.05, 0) is 18.9 Å². The maximum atomic E-state index is 13.6. The third-order valence-electron chi connectivity index (χ3n) is 5.48. The van der Waals surface area contributed by atoms with Crippen LogP contribution in [0.1, 0.15) is 37.2 Å². The number of halogens is 6. The molecule has 3 aromatic heterocycles. The number of fused-ring (bicyclic) bond motifs is 2. The van der Waals surface area contributed by atoms with Crippen molar-refractivity contribution in [2.45, 2.75) is 49.6 Å². The summed E-state index contributed by atoms with van der Waals surface area (Å²) < 4.78 is 108. The van der Waals surface area contributed by atoms with Gasteiger partial charge in [0.15, 0.2) is 20.7 Å². The molecular weight excluding hydrogens is 464 g/mol. The molecule has 32 heavy (non-hydrogen) atoms. The number of aryl methyl sites for hydroxylation is 1. The molecule has 1 aliphatic rings. The van der Waals surface area contributed by atoms with Crippen molar-refractivity contribution in [2.24, 2.45) is 7.05 Å². The summed E-state index contributed by atoms with van der Waals surface area (Å²) in [4.78, 5) is 11.5. The molecule has 0 bridgehead atoms. The molecule has 7 nitrogen and oxygen atoms in total. The Morgan fingerprint density at radius 2 is 1.84 bits per heavy atom. The lowest BCUT2D eigenvalue weighted by atomic mass is 9.98. The Morgan fingerprint density at radius 3 is 2.44 bits per heavy atom. The van der Waals surface area contributed by atoms with Crippen LogP contribution >= 0.6 is 0 Å². The number of aromatic nitrogens is 5. The van der Waals surface area contributed by atoms with Gasteiger partial charge in [-0.25, -0.2) is 23.4 Å². The van der Waals surface area contributed by atoms with Gasteiger partial charge in [-0.1, -0.05) is 6.92 Å². The molecule has 0 amide bonds. The van der Waals surface area contributed by atoms with Crippen LogP contribution in [-0.2, 0) is 29.6 Å². The van der Waals surface area contributed by atoms with Crippen molar-refractivity contribution >= 4 is 20.9 Å². The molecule has 0 N–H and O–H groups in total. The van der Waals surface area contributed by atoms with E-state index in [0.29, 0.717) is 6.07 Å². The first-order valence-electron chi connectivity index (χ1n) is 9.55. The van der Waals surface area contributed by atoms with E-state index in [1.807, 2.05) is 0 Å². The van der Waals surface area contributed by atoms with E-state index in [2.05, 4.69) is 15.0 Å². The molecule has 0 saturated carbocycles. The summed E-state index contributed by atoms with van der Waals surface area (Å²) >= 11 is 0. The Balaban J connectivity index is 2.01. The minimum absolute atomic E-state index is 0.0210. The van der Waals surface area contributed by atoms with Gasteiger partial charge in [-0.15, -0.1) is 0 Å². The van der Waals surface area contributed by atoms with Gasteiger partial charge in [0.1, 0.15) is 23.1 Å². The summed E-state index contributed by atoms with van der Waals surface area (Å²) in [6.07, 6.45) is -8.58. The molecule has 1 atom stereocenters. The third kappa shape index (κ3) is 3.53. The van der Waals surface area contributed by atoms with Gasteiger partial charge in [-0.2, -0.15) is 26.3 Å². The minimum Gasteiger partial charge on any atom is -0.324 e. The van der Waals surface area contributed by atoms with E-state index in [1.54, 1.807) is 0 Å². The summed E-state index contributed by atoms with van der Waals surface area (Å²) in [5.74, 6) is -2.95. The highest BCUT2D eigenvalue weighted by Gasteiger charge is 2.47. The fourth-order valence-corrected chi connectivity index (χ4v) is 5.11. The number of rotatable bonds is 3. The summed E-state index contributed by atoms with van der Waals surface area (Å²) in [5.41, 5.74) is -1.50. The van der Waals surface area contributed by atoms with E-state index in [0.717, 1.165) is 10.8 Å². The van der Waals surface area contributed by atoms with Gasteiger partial charge in [0.05, 0.1) is 23.0 Å². The molecule has 0 aromatic carbocycles. The Kier molecular flexibility index (Phi) is 5.06. The van der Waals surface area contributed by atoms with Crippen LogP contribution in [-0.4, -0.2) is 44.4 Å². The number of nitrogens with zero attached hydrogens (tertiary/aromatic N) is 5. The fraction of sp³-hybridized carbons (Fsp3) is 0.500. The molecule has 3 aromatic rings. The van der Waals surface area contributed by atoms with Crippen LogP contribution in [0, 0.1) is 0 Å². The second-order valence-corrected chi connectivity index (χ2v) is 9.66. The van der Waals surface area contributed by atoms with Gasteiger partial charge in [0, 0.05) is 13.6 Å². The Labute approximate surface area is 178 Å². The molecular formula is C18H17F6N5O2S. The van der Waals surface area contributed by atoms with Crippen LogP contribution in [0.4, 0.5) is 26.3 Å². The zero-order chi connectivity index (χ0) is 23.6. The van der Waals surface area contributed by atoms with Crippen molar-refractivity contribution < 1.29 is 34.8 Å². The van der Waals surface area contributed by atoms with Crippen LogP contribution in [0.25, 0.3) is 22.6 Å². The summed E-state index contributed by atoms with van der Waals surface area (Å²) in [6.45, 7) is 1.37. The Bertz CT molecular complexity index is 1310. The number of alkyl halides is 6. The first kappa shape index (κ1) is 22.6. The van der Waals surface area contributed by atoms with Crippen LogP contribution in [0.2, 0.25) is 0 Å². The van der Waals surface area contributed by atoms with Crippen LogP contribution in [0.15, 0.2) is 17.3 Å². The smallest absolute Gasteiger partial charge is 0.324 e. The monoisotopic (exact) mass is 481 g/mol. The van der Waals surface area contributed by atoms with E-state index in [9.17, 15) is 34.8 Å². The summed E-state index contributed by atoms with van der Waals surface area (Å²) in [7, 11) is -2.64. The van der Waals surface area contributed by atoms with E-state index in [1.165, 1.54) is 18.5 Å². The van der Waals surface area contributed by atoms with Gasteiger partial charge >= 0.3 is 12.4 Å². The number of hydrogen-bond donors (Lipinski definition) is 0. The molecule has 0 aliphatic carbocycles. The third-order valence-corrected chi connectivity index (χ3v) is 7.24. The van der Waals surface area contributed by atoms with E-state index < -0.39 is 50.4 Å². The highest BCUT2D eigenvalue weighted by Crippen LogP contribution is 2.44. The molecule has 0 spiro atoms. The normalized spacial score (nSPS) is 17.7. The summed E-state index contributed by atoms with van der Waals surface area (Å²) in [5, 5.41) is -0.411. The lowest BCUT2D eigenvalue weighted by Crippen LogP contribution is -2.29. The molecule has 0 fully saturated rings. The Morgan fingerprint density at radius 1 is 1.16 bits per heavy atom. The highest BCUT2D eigenvalue weighted by molar-refractivity contribution is 7.91. The van der Waals surface area contributed by atoms with Gasteiger partial charge in [0.25, 0.3) is 0 Å². The maximum Gasteiger partial charge on any atom is 0.433 e. The fourth-order valence-electron chi connectivity index (χ4n) is 3.88. The van der Waals surface area contributed by atoms with Gasteiger partial charge in [-0.3, -0.25) is 0 Å². The van der Waals surface area contributed by atoms with Gasteiger partial charge < -0.3 is 9.13 Å². The molecule has 1 aliphatic heterocycles. The van der Waals surface area contributed by atoms with Crippen molar-refractivity contribution in [2.75, 3.05) is 5.75 Å². The number of sulfone groups is 1. The number of imidazole rings is 2. The molecule has 174 valence electrons. The summed E-state index contributed by atoms with van der Waals surface area (Å²) in [6, 6.07) is 0.696. The van der Waals surface area contributed by atoms with Crippen LogP contribution in [0.3, 0.4) is 0 Å². The zero-order valence-corrected chi connectivity index (χ0v) is 17.6. The molecule has 14 heteroatoms. The van der Waals surface area contributed by atoms with Crippen molar-refractivity contribution in [3.63, 3.8) is 0 Å². The first-order chi connectivity index (χ1) is 14.8. The average Bonchev–Trinajstić information content (AvgIpc) is 3.24. The minimum atomic E-state index is -4.73. The van der Waals surface area contributed by atoms with E-state index in [-0.39, 0.29) is 41.9 Å². The van der Waals surface area contributed by atoms with Crippen LogP contribution in [0.5, 0.6) is 0 Å². The standard InChI is InChI=1S/C18H17F6N5O2S/c1-3-32(30,31)16-13(27-14-9(17(19,20)21)5-4-6-29(14)16)15-26-10-7-12(18(22,23)24)25-8-11(10)28(15)2/h7-9H,3-6H2,1-2H3. The van der Waals surface area contributed by atoms with Crippen molar-refractivity contribution in [3.8, 4) is 11.5 Å². The van der Waals surface area contributed by atoms with E-state index in [4.69, 9.17) is 0 Å². The average molecular weight is 481 g/mol. The SMILES string of the molecule is CCS(=O)(=O)c1c(-c2nc3cc(C(F)(F)F)ncc3n2C)nc2n1CCCC2C(F)(F)F. The molecule has 4 heterocycles. The number of hydrogen-bond acceptors (Lipinski definition) is 5. The highest BCUT2D eigenvalue weighted by atomic mass is 32.2. The quantitative estimate of drug-likeness (QED) is 0.527. The number of pyridine rings is 1. The lowest BCUT2D eigenvalue weighted by Gasteiger charge is -2.26. The second kappa shape index (κ2) is 7.18. The predicted molar refractivity (Wildman–Crippen MR) is 100 cm³/mol. The molecule has 4 rings (SSSR count). The molecule has 0 radical (unpaired) electrons. The second-order valence-electron chi connectivity index (χ2n) is 7.47. The maximum absolute atomic E-state index is 13.6. The lowest BCUT2D eigenvalue weighted by molar-refractivity contribution is -0.156. The topological polar surface area (TPSA) is 82.7 Å². The van der Waals surface area contributed by atoms with Crippen molar-refractivity contribution in [3.05, 3.63) is 23.8 Å². The largest absolute Gasteiger partial charge is 0.433 e. The van der Waals surface area contributed by atoms with E-state index >= 15 is 0 Å². The predicted octanol–water partition coefficient (Wildman–Crippen LogP) is 4.08. The van der Waals surface area contributed by atoms with Crippen molar-refractivity contribution in [1.29, 1.82) is 0 Å². The molecule has 0 saturated heterocycles. The molecule has 1 unspecified atom stereocenters.